The van der Waals surface area contributed by atoms with Gasteiger partial charge in [0.05, 0.1) is 11.7 Å². The van der Waals surface area contributed by atoms with E-state index in [-0.39, 0.29) is 11.9 Å². The first-order valence-corrected chi connectivity index (χ1v) is 8.04. The molecule has 2 aromatic heterocycles. The second kappa shape index (κ2) is 5.96. The van der Waals surface area contributed by atoms with Gasteiger partial charge in [-0.2, -0.15) is 0 Å². The van der Waals surface area contributed by atoms with Gasteiger partial charge in [-0.25, -0.2) is 9.97 Å². The predicted molar refractivity (Wildman–Crippen MR) is 84.1 cm³/mol. The Morgan fingerprint density at radius 3 is 2.86 bits per heavy atom. The molecule has 0 aliphatic carbocycles. The lowest BCUT2D eigenvalue weighted by Gasteiger charge is -2.23. The summed E-state index contributed by atoms with van der Waals surface area (Å²) >= 11 is 1.47. The maximum Gasteiger partial charge on any atom is 0.220 e. The number of amides is 1. The van der Waals surface area contributed by atoms with Crippen LogP contribution in [0.4, 0.5) is 10.9 Å². The number of nitrogens with one attached hydrogen (secondary N) is 1. The van der Waals surface area contributed by atoms with Gasteiger partial charge in [0, 0.05) is 19.5 Å². The molecule has 0 unspecified atom stereocenters. The van der Waals surface area contributed by atoms with Crippen molar-refractivity contribution in [3.8, 4) is 0 Å². The van der Waals surface area contributed by atoms with Crippen LogP contribution in [0.25, 0.3) is 0 Å². The Balaban J connectivity index is 1.88. The number of hydrogen-bond acceptors (Lipinski definition) is 7. The van der Waals surface area contributed by atoms with Crippen molar-refractivity contribution in [3.05, 3.63) is 22.6 Å². The molecule has 7 nitrogen and oxygen atoms in total. The van der Waals surface area contributed by atoms with E-state index in [1.54, 1.807) is 6.92 Å². The lowest BCUT2D eigenvalue weighted by molar-refractivity contribution is -0.129. The highest BCUT2D eigenvalue weighted by Gasteiger charge is 2.29. The van der Waals surface area contributed by atoms with E-state index in [1.165, 1.54) is 11.3 Å². The largest absolute Gasteiger partial charge is 0.334 e. The van der Waals surface area contributed by atoms with Gasteiger partial charge in [-0.1, -0.05) is 11.3 Å². The second-order valence-electron chi connectivity index (χ2n) is 5.35. The Morgan fingerprint density at radius 2 is 2.18 bits per heavy atom. The summed E-state index contributed by atoms with van der Waals surface area (Å²) < 4.78 is 0. The number of anilines is 2. The minimum absolute atomic E-state index is 0.0379. The molecule has 116 valence electrons. The van der Waals surface area contributed by atoms with Crippen molar-refractivity contribution in [2.45, 2.75) is 39.7 Å². The fraction of sp³-hybridized carbons (Fsp3) is 0.500. The topological polar surface area (TPSA) is 83.9 Å². The van der Waals surface area contributed by atoms with Gasteiger partial charge in [0.25, 0.3) is 0 Å². The zero-order valence-electron chi connectivity index (χ0n) is 12.8. The molecule has 0 saturated carbocycles. The Kier molecular flexibility index (Phi) is 4.02. The summed E-state index contributed by atoms with van der Waals surface area (Å²) in [7, 11) is 0. The van der Waals surface area contributed by atoms with Crippen LogP contribution in [0.5, 0.6) is 0 Å². The number of carbonyl (C=O) groups excluding carboxylic acids is 1. The van der Waals surface area contributed by atoms with E-state index >= 15 is 0 Å². The van der Waals surface area contributed by atoms with Crippen LogP contribution in [-0.2, 0) is 4.79 Å². The minimum atomic E-state index is 0.0379. The van der Waals surface area contributed by atoms with Crippen molar-refractivity contribution in [2.24, 2.45) is 0 Å². The first-order chi connectivity index (χ1) is 10.5. The molecule has 1 aliphatic heterocycles. The Labute approximate surface area is 132 Å². The van der Waals surface area contributed by atoms with Crippen molar-refractivity contribution >= 4 is 28.2 Å². The monoisotopic (exact) mass is 318 g/mol. The van der Waals surface area contributed by atoms with Crippen LogP contribution in [0.3, 0.4) is 0 Å². The quantitative estimate of drug-likeness (QED) is 0.935. The van der Waals surface area contributed by atoms with Crippen molar-refractivity contribution in [1.82, 2.24) is 25.1 Å². The zero-order valence-corrected chi connectivity index (χ0v) is 13.6. The molecule has 22 heavy (non-hydrogen) atoms. The highest BCUT2D eigenvalue weighted by atomic mass is 32.1. The molecule has 1 saturated heterocycles. The zero-order chi connectivity index (χ0) is 15.7. The maximum atomic E-state index is 11.7. The molecule has 1 fully saturated rings. The maximum absolute atomic E-state index is 11.7. The fourth-order valence-corrected chi connectivity index (χ4v) is 3.33. The predicted octanol–water partition coefficient (Wildman–Crippen LogP) is 2.37. The van der Waals surface area contributed by atoms with Crippen LogP contribution in [-0.4, -0.2) is 37.5 Å². The molecular weight excluding hydrogens is 300 g/mol. The van der Waals surface area contributed by atoms with Gasteiger partial charge in [0.1, 0.15) is 16.6 Å². The molecule has 1 atom stereocenters. The third-order valence-corrected chi connectivity index (χ3v) is 4.37. The summed E-state index contributed by atoms with van der Waals surface area (Å²) in [5, 5.41) is 12.8. The number of likely N-dealkylation sites (tertiary alicyclic amines) is 1. The van der Waals surface area contributed by atoms with Crippen LogP contribution in [0.15, 0.2) is 6.07 Å². The van der Waals surface area contributed by atoms with Crippen LogP contribution in [0.2, 0.25) is 0 Å². The van der Waals surface area contributed by atoms with E-state index in [0.29, 0.717) is 16.8 Å². The van der Waals surface area contributed by atoms with E-state index in [0.717, 1.165) is 30.1 Å². The van der Waals surface area contributed by atoms with E-state index in [9.17, 15) is 4.79 Å². The first-order valence-electron chi connectivity index (χ1n) is 7.23. The van der Waals surface area contributed by atoms with Gasteiger partial charge in [-0.3, -0.25) is 4.79 Å². The number of nitrogens with zero attached hydrogens (tertiary/aromatic N) is 5. The van der Waals surface area contributed by atoms with Gasteiger partial charge >= 0.3 is 0 Å². The Bertz CT molecular complexity index is 700. The van der Waals surface area contributed by atoms with E-state index < -0.39 is 0 Å². The fourth-order valence-electron chi connectivity index (χ4n) is 2.73. The number of aromatic nitrogens is 4. The van der Waals surface area contributed by atoms with E-state index in [1.807, 2.05) is 24.8 Å². The summed E-state index contributed by atoms with van der Waals surface area (Å²) in [6.45, 7) is 6.16. The lowest BCUT2D eigenvalue weighted by Crippen LogP contribution is -2.28. The van der Waals surface area contributed by atoms with Crippen molar-refractivity contribution in [3.63, 3.8) is 0 Å². The highest BCUT2D eigenvalue weighted by molar-refractivity contribution is 7.15. The van der Waals surface area contributed by atoms with Crippen molar-refractivity contribution < 1.29 is 4.79 Å². The summed E-state index contributed by atoms with van der Waals surface area (Å²) in [5.74, 6) is 1.46. The number of hydrogen-bond donors (Lipinski definition) is 1. The third-order valence-electron chi connectivity index (χ3n) is 3.62. The van der Waals surface area contributed by atoms with Crippen LogP contribution in [0, 0.1) is 13.8 Å². The molecular formula is C14H18N6OS. The van der Waals surface area contributed by atoms with Gasteiger partial charge in [-0.15, -0.1) is 10.2 Å². The smallest absolute Gasteiger partial charge is 0.220 e. The molecule has 0 aromatic carbocycles. The van der Waals surface area contributed by atoms with Crippen molar-refractivity contribution in [2.75, 3.05) is 11.9 Å². The molecule has 1 N–H and O–H groups in total. The normalized spacial score (nSPS) is 17.8. The Morgan fingerprint density at radius 1 is 1.36 bits per heavy atom. The lowest BCUT2D eigenvalue weighted by atomic mass is 10.1. The average Bonchev–Trinajstić information content (AvgIpc) is 3.07. The molecule has 1 amide bonds. The van der Waals surface area contributed by atoms with Gasteiger partial charge in [0.15, 0.2) is 0 Å². The van der Waals surface area contributed by atoms with Crippen LogP contribution < -0.4 is 5.32 Å². The summed E-state index contributed by atoms with van der Waals surface area (Å²) in [6.07, 6.45) is 1.94. The molecule has 3 heterocycles. The van der Waals surface area contributed by atoms with E-state index in [4.69, 9.17) is 0 Å². The van der Waals surface area contributed by atoms with Crippen molar-refractivity contribution in [1.29, 1.82) is 0 Å². The molecule has 3 rings (SSSR count). The summed E-state index contributed by atoms with van der Waals surface area (Å²) in [5.41, 5.74) is 0.879. The number of carbonyl (C=O) groups is 1. The summed E-state index contributed by atoms with van der Waals surface area (Å²) in [4.78, 5) is 22.5. The van der Waals surface area contributed by atoms with Crippen LogP contribution in [0.1, 0.15) is 42.3 Å². The molecule has 0 bridgehead atoms. The van der Waals surface area contributed by atoms with E-state index in [2.05, 4.69) is 25.5 Å². The standard InChI is InChI=1S/C14H18N6OS/c1-8-15-11(12-5-4-6-20(12)10(3)21)7-13(16-8)17-14-19-18-9(2)22-14/h7,12H,4-6H2,1-3H3,(H,15,16,17,19)/t12-/m0/s1. The average molecular weight is 318 g/mol. The number of aryl methyl sites for hydroxylation is 2. The third kappa shape index (κ3) is 3.06. The van der Waals surface area contributed by atoms with Gasteiger partial charge in [-0.05, 0) is 26.7 Å². The van der Waals surface area contributed by atoms with Gasteiger partial charge in [0.2, 0.25) is 11.0 Å². The molecule has 1 aliphatic rings. The highest BCUT2D eigenvalue weighted by Crippen LogP contribution is 2.32. The SMILES string of the molecule is CC(=O)N1CCC[C@H]1c1cc(Nc2nnc(C)s2)nc(C)n1. The Hall–Kier alpha value is -2.09. The molecule has 2 aromatic rings. The van der Waals surface area contributed by atoms with Crippen LogP contribution >= 0.6 is 11.3 Å². The second-order valence-corrected chi connectivity index (χ2v) is 6.53. The molecule has 0 spiro atoms. The number of rotatable bonds is 3. The minimum Gasteiger partial charge on any atom is -0.334 e. The van der Waals surface area contributed by atoms with Gasteiger partial charge < -0.3 is 10.2 Å². The summed E-state index contributed by atoms with van der Waals surface area (Å²) in [6, 6.07) is 1.94. The molecule has 8 heteroatoms. The molecule has 0 radical (unpaired) electrons. The first kappa shape index (κ1) is 14.8.